The Morgan fingerprint density at radius 1 is 0.446 bits per heavy atom. The molecule has 0 bridgehead atoms. The van der Waals surface area contributed by atoms with E-state index in [9.17, 15) is 45.3 Å². The van der Waals surface area contributed by atoms with E-state index in [1.807, 2.05) is 0 Å². The topological polar surface area (TPSA) is 231 Å². The number of carbonyl (C=O) groups is 2. The van der Waals surface area contributed by atoms with Crippen molar-refractivity contribution in [1.29, 1.82) is 0 Å². The van der Waals surface area contributed by atoms with Crippen molar-refractivity contribution in [2.24, 2.45) is 0 Å². The van der Waals surface area contributed by atoms with Crippen LogP contribution in [-0.4, -0.2) is 142 Å². The van der Waals surface area contributed by atoms with Crippen molar-refractivity contribution in [3.8, 4) is 0 Å². The molecule has 2 aliphatic heterocycles. The van der Waals surface area contributed by atoms with Gasteiger partial charge < -0.3 is 64.2 Å². The van der Waals surface area contributed by atoms with Crippen molar-refractivity contribution in [2.45, 2.75) is 261 Å². The van der Waals surface area contributed by atoms with Crippen LogP contribution in [0.5, 0.6) is 0 Å². The molecule has 0 spiro atoms. The Hall–Kier alpha value is -3.06. The summed E-state index contributed by atoms with van der Waals surface area (Å²) in [5.41, 5.74) is 0. The van der Waals surface area contributed by atoms with Gasteiger partial charge in [0.15, 0.2) is 18.7 Å². The molecule has 0 saturated carbocycles. The number of ether oxygens (including phenoxy) is 6. The lowest BCUT2D eigenvalue weighted by atomic mass is 9.98. The lowest BCUT2D eigenvalue weighted by molar-refractivity contribution is -0.332. The molecule has 74 heavy (non-hydrogen) atoms. The molecule has 11 atom stereocenters. The molecule has 11 unspecified atom stereocenters. The Labute approximate surface area is 444 Å². The van der Waals surface area contributed by atoms with Gasteiger partial charge in [-0.1, -0.05) is 170 Å². The number of hydrogen-bond donors (Lipinski definition) is 7. The molecule has 2 heterocycles. The molecule has 0 aromatic heterocycles. The maximum absolute atomic E-state index is 13.0. The monoisotopic (exact) mass is 1050 g/mol. The highest BCUT2D eigenvalue weighted by Crippen LogP contribution is 2.26. The Balaban J connectivity index is 1.75. The van der Waals surface area contributed by atoms with Gasteiger partial charge in [0.1, 0.15) is 55.4 Å². The zero-order chi connectivity index (χ0) is 53.9. The van der Waals surface area contributed by atoms with Gasteiger partial charge in [-0.25, -0.2) is 0 Å². The van der Waals surface area contributed by atoms with Crippen LogP contribution >= 0.6 is 0 Å². The van der Waals surface area contributed by atoms with Crippen molar-refractivity contribution in [1.82, 2.24) is 0 Å². The summed E-state index contributed by atoms with van der Waals surface area (Å²) >= 11 is 0. The molecule has 2 rings (SSSR count). The molecule has 2 aliphatic rings. The molecule has 15 nitrogen and oxygen atoms in total. The minimum Gasteiger partial charge on any atom is -0.462 e. The fraction of sp³-hybridized carbons (Fsp3) is 0.763. The van der Waals surface area contributed by atoms with Gasteiger partial charge in [0.2, 0.25) is 0 Å². The van der Waals surface area contributed by atoms with Crippen molar-refractivity contribution in [3.05, 3.63) is 72.9 Å². The van der Waals surface area contributed by atoms with E-state index < -0.39 is 99.3 Å². The first-order valence-corrected chi connectivity index (χ1v) is 28.5. The maximum atomic E-state index is 13.0. The van der Waals surface area contributed by atoms with Crippen molar-refractivity contribution in [2.75, 3.05) is 26.4 Å². The van der Waals surface area contributed by atoms with E-state index in [0.29, 0.717) is 12.8 Å². The average molecular weight is 1050 g/mol. The molecule has 7 N–H and O–H groups in total. The molecule has 426 valence electrons. The maximum Gasteiger partial charge on any atom is 0.306 e. The minimum atomic E-state index is -1.78. The van der Waals surface area contributed by atoms with Crippen LogP contribution in [0.1, 0.15) is 194 Å². The van der Waals surface area contributed by atoms with Crippen molar-refractivity contribution >= 4 is 11.9 Å². The summed E-state index contributed by atoms with van der Waals surface area (Å²) in [7, 11) is 0. The molecule has 0 aromatic rings. The highest BCUT2D eigenvalue weighted by molar-refractivity contribution is 5.70. The quantitative estimate of drug-likeness (QED) is 0.0171. The standard InChI is InChI=1S/C59H100O15/c1-3-5-7-9-11-13-15-17-19-20-21-22-23-24-25-26-28-29-31-33-35-37-39-41-50(61)69-44-47(72-51(62)42-40-38-36-34-32-30-27-18-16-14-12-10-8-6-4-2)45-70-58-57(68)55(66)53(64)49(74-58)46-71-59-56(67)54(65)52(63)48(43-60)73-59/h6,8,12,14-15,17-18,20-21,27,32,34,47-49,52-60,63-68H,3-5,7,9-11,13,16,19,22-26,28-31,33,35-46H2,1-2H3/b8-6-,14-12-,17-15-,21-20-,27-18-,34-32-. The smallest absolute Gasteiger partial charge is 0.306 e. The largest absolute Gasteiger partial charge is 0.462 e. The van der Waals surface area contributed by atoms with Crippen LogP contribution in [0.4, 0.5) is 0 Å². The molecule has 0 radical (unpaired) electrons. The Morgan fingerprint density at radius 3 is 1.36 bits per heavy atom. The number of allylic oxidation sites excluding steroid dienone is 12. The zero-order valence-corrected chi connectivity index (χ0v) is 45.3. The third-order valence-electron chi connectivity index (χ3n) is 13.2. The lowest BCUT2D eigenvalue weighted by Gasteiger charge is -2.42. The first-order valence-electron chi connectivity index (χ1n) is 28.5. The van der Waals surface area contributed by atoms with Crippen LogP contribution in [0.3, 0.4) is 0 Å². The Bertz CT molecular complexity index is 1560. The van der Waals surface area contributed by atoms with E-state index in [2.05, 4.69) is 86.8 Å². The Kier molecular flexibility index (Phi) is 40.8. The summed E-state index contributed by atoms with van der Waals surface area (Å²) in [6.45, 7) is 2.42. The molecule has 0 aliphatic carbocycles. The lowest BCUT2D eigenvalue weighted by Crippen LogP contribution is -2.61. The summed E-state index contributed by atoms with van der Waals surface area (Å²) in [4.78, 5) is 25.8. The summed E-state index contributed by atoms with van der Waals surface area (Å²) in [5.74, 6) is -0.978. The fourth-order valence-corrected chi connectivity index (χ4v) is 8.53. The van der Waals surface area contributed by atoms with Crippen LogP contribution in [0.2, 0.25) is 0 Å². The predicted molar refractivity (Wildman–Crippen MR) is 289 cm³/mol. The predicted octanol–water partition coefficient (Wildman–Crippen LogP) is 9.38. The fourth-order valence-electron chi connectivity index (χ4n) is 8.53. The summed E-state index contributed by atoms with van der Waals surface area (Å²) in [5, 5.41) is 72.2. The summed E-state index contributed by atoms with van der Waals surface area (Å²) < 4.78 is 33.6. The minimum absolute atomic E-state index is 0.110. The second-order valence-corrected chi connectivity index (χ2v) is 19.7. The normalized spacial score (nSPS) is 25.2. The SMILES string of the molecule is CC/C=C\C/C=C\C/C=C\C/C=C\CCCCC(=O)OC(COC(=O)CCCCCCCCCCCCC/C=C\C/C=C\CCCCCCC)COC1OC(COC2OC(CO)C(O)C(O)C2O)C(O)C(O)C1O. The zero-order valence-electron chi connectivity index (χ0n) is 45.3. The van der Waals surface area contributed by atoms with Gasteiger partial charge in [-0.3, -0.25) is 9.59 Å². The summed E-state index contributed by atoms with van der Waals surface area (Å²) in [6.07, 6.45) is 37.9. The van der Waals surface area contributed by atoms with Gasteiger partial charge in [0, 0.05) is 12.8 Å². The third-order valence-corrected chi connectivity index (χ3v) is 13.2. The van der Waals surface area contributed by atoms with Crippen LogP contribution in [0.15, 0.2) is 72.9 Å². The highest BCUT2D eigenvalue weighted by Gasteiger charge is 2.47. The van der Waals surface area contributed by atoms with Crippen LogP contribution in [-0.2, 0) is 38.0 Å². The number of aliphatic hydroxyl groups excluding tert-OH is 7. The number of carbonyl (C=O) groups excluding carboxylic acids is 2. The summed E-state index contributed by atoms with van der Waals surface area (Å²) in [6, 6.07) is 0. The molecular weight excluding hydrogens is 949 g/mol. The molecule has 15 heteroatoms. The van der Waals surface area contributed by atoms with Crippen LogP contribution in [0, 0.1) is 0 Å². The van der Waals surface area contributed by atoms with Crippen LogP contribution < -0.4 is 0 Å². The van der Waals surface area contributed by atoms with Gasteiger partial charge in [0.25, 0.3) is 0 Å². The van der Waals surface area contributed by atoms with Crippen LogP contribution in [0.25, 0.3) is 0 Å². The highest BCUT2D eigenvalue weighted by atomic mass is 16.7. The number of esters is 2. The third kappa shape index (κ3) is 31.9. The van der Waals surface area contributed by atoms with E-state index in [-0.39, 0.29) is 19.4 Å². The van der Waals surface area contributed by atoms with E-state index in [1.54, 1.807) is 0 Å². The molecule has 0 aromatic carbocycles. The van der Waals surface area contributed by atoms with Gasteiger partial charge in [-0.15, -0.1) is 0 Å². The molecule has 2 saturated heterocycles. The first-order chi connectivity index (χ1) is 36.0. The molecule has 2 fully saturated rings. The van der Waals surface area contributed by atoms with E-state index in [4.69, 9.17) is 28.4 Å². The molecule has 0 amide bonds. The number of aliphatic hydroxyl groups is 7. The average Bonchev–Trinajstić information content (AvgIpc) is 3.39. The second kappa shape index (κ2) is 45.0. The Morgan fingerprint density at radius 2 is 0.851 bits per heavy atom. The number of unbranched alkanes of at least 4 members (excludes halogenated alkanes) is 18. The first kappa shape index (κ1) is 67.1. The van der Waals surface area contributed by atoms with E-state index in [1.165, 1.54) is 83.5 Å². The number of rotatable bonds is 44. The molecular formula is C59H100O15. The van der Waals surface area contributed by atoms with Crippen molar-refractivity contribution < 1.29 is 73.8 Å². The second-order valence-electron chi connectivity index (χ2n) is 19.7. The van der Waals surface area contributed by atoms with E-state index >= 15 is 0 Å². The van der Waals surface area contributed by atoms with Crippen molar-refractivity contribution in [3.63, 3.8) is 0 Å². The van der Waals surface area contributed by atoms with Gasteiger partial charge in [-0.2, -0.15) is 0 Å². The number of hydrogen-bond acceptors (Lipinski definition) is 15. The van der Waals surface area contributed by atoms with Gasteiger partial charge >= 0.3 is 11.9 Å². The van der Waals surface area contributed by atoms with Gasteiger partial charge in [-0.05, 0) is 83.5 Å². The van der Waals surface area contributed by atoms with Gasteiger partial charge in [0.05, 0.1) is 19.8 Å². The van der Waals surface area contributed by atoms with E-state index in [0.717, 1.165) is 70.6 Å².